The first-order valence-electron chi connectivity index (χ1n) is 10.0. The van der Waals surface area contributed by atoms with E-state index in [2.05, 4.69) is 10.3 Å². The van der Waals surface area contributed by atoms with E-state index < -0.39 is 13.4 Å². The molecule has 8 heteroatoms. The highest BCUT2D eigenvalue weighted by Crippen LogP contribution is 2.63. The van der Waals surface area contributed by atoms with E-state index >= 15 is 0 Å². The molecule has 2 N–H and O–H groups in total. The fourth-order valence-electron chi connectivity index (χ4n) is 3.15. The van der Waals surface area contributed by atoms with Gasteiger partial charge < -0.3 is 24.2 Å². The molecule has 0 spiro atoms. The maximum Gasteiger partial charge on any atom is 0.357 e. The van der Waals surface area contributed by atoms with Crippen molar-refractivity contribution in [1.82, 2.24) is 4.98 Å². The topological polar surface area (TPSA) is 89.9 Å². The number of pyridine rings is 1. The van der Waals surface area contributed by atoms with E-state index in [1.54, 1.807) is 19.1 Å². The van der Waals surface area contributed by atoms with Crippen LogP contribution in [0, 0.1) is 20.8 Å². The van der Waals surface area contributed by atoms with E-state index in [9.17, 15) is 9.67 Å². The van der Waals surface area contributed by atoms with Gasteiger partial charge in [-0.05, 0) is 83.9 Å². The summed E-state index contributed by atoms with van der Waals surface area (Å²) in [5.41, 5.74) is 3.58. The molecule has 0 saturated carbocycles. The van der Waals surface area contributed by atoms with Gasteiger partial charge in [0.15, 0.2) is 17.3 Å². The zero-order chi connectivity index (χ0) is 22.6. The number of ether oxygens (including phenoxy) is 1. The van der Waals surface area contributed by atoms with Crippen LogP contribution in [0.1, 0.15) is 56.0 Å². The fraction of sp³-hybridized carbons (Fsp3) is 0.500. The quantitative estimate of drug-likeness (QED) is 0.475. The van der Waals surface area contributed by atoms with Crippen molar-refractivity contribution in [2.24, 2.45) is 0 Å². The lowest BCUT2D eigenvalue weighted by atomic mass is 10.1. The van der Waals surface area contributed by atoms with Gasteiger partial charge in [0.25, 0.3) is 0 Å². The van der Waals surface area contributed by atoms with Crippen LogP contribution in [0.2, 0.25) is 0 Å². The molecule has 1 heterocycles. The minimum atomic E-state index is -3.70. The molecule has 0 aliphatic carbocycles. The molecule has 7 nitrogen and oxygen atoms in total. The zero-order valence-corrected chi connectivity index (χ0v) is 19.9. The van der Waals surface area contributed by atoms with Crippen LogP contribution in [-0.2, 0) is 13.6 Å². The number of hydrogen-bond acceptors (Lipinski definition) is 7. The van der Waals surface area contributed by atoms with Crippen LogP contribution in [0.25, 0.3) is 0 Å². The van der Waals surface area contributed by atoms with Gasteiger partial charge in [-0.1, -0.05) is 0 Å². The Balaban J connectivity index is 2.67. The Morgan fingerprint density at radius 2 is 1.63 bits per heavy atom. The zero-order valence-electron chi connectivity index (χ0n) is 19.0. The molecule has 0 amide bonds. The number of benzene rings is 1. The molecule has 2 aromatic rings. The predicted octanol–water partition coefficient (Wildman–Crippen LogP) is 5.87. The second-order valence-electron chi connectivity index (χ2n) is 7.87. The second-order valence-corrected chi connectivity index (χ2v) is 9.89. The number of nitrogens with zero attached hydrogens (tertiary/aromatic N) is 1. The van der Waals surface area contributed by atoms with Crippen molar-refractivity contribution < 1.29 is 23.5 Å². The number of phenols is 1. The summed E-state index contributed by atoms with van der Waals surface area (Å²) in [7, 11) is -2.23. The van der Waals surface area contributed by atoms with Gasteiger partial charge in [0.05, 0.1) is 30.7 Å². The Hall–Kier alpha value is -2.08. The molecular formula is C22H33N2O5P. The number of phenolic OH excluding ortho intramolecular Hbond substituents is 1. The van der Waals surface area contributed by atoms with Crippen molar-refractivity contribution >= 4 is 13.3 Å². The third-order valence-electron chi connectivity index (χ3n) is 4.37. The fourth-order valence-corrected chi connectivity index (χ4v) is 5.43. The van der Waals surface area contributed by atoms with Gasteiger partial charge in [-0.2, -0.15) is 0 Å². The van der Waals surface area contributed by atoms with Gasteiger partial charge in [-0.25, -0.2) is 0 Å². The highest BCUT2D eigenvalue weighted by Gasteiger charge is 2.40. The number of aromatic hydroxyl groups is 1. The highest BCUT2D eigenvalue weighted by molar-refractivity contribution is 7.54. The molecule has 2 rings (SSSR count). The lowest BCUT2D eigenvalue weighted by Crippen LogP contribution is -2.20. The van der Waals surface area contributed by atoms with Crippen molar-refractivity contribution in [3.8, 4) is 11.5 Å². The van der Waals surface area contributed by atoms with Gasteiger partial charge in [0.2, 0.25) is 0 Å². The van der Waals surface area contributed by atoms with Gasteiger partial charge in [-0.3, -0.25) is 9.55 Å². The summed E-state index contributed by atoms with van der Waals surface area (Å²) in [6.45, 7) is 12.8. The Morgan fingerprint density at radius 3 is 2.13 bits per heavy atom. The van der Waals surface area contributed by atoms with Crippen molar-refractivity contribution in [2.45, 2.75) is 66.5 Å². The molecule has 30 heavy (non-hydrogen) atoms. The number of aryl methyl sites for hydroxylation is 3. The number of rotatable bonds is 9. The molecule has 166 valence electrons. The molecule has 0 aliphatic rings. The summed E-state index contributed by atoms with van der Waals surface area (Å²) in [6.07, 6.45) is -0.646. The summed E-state index contributed by atoms with van der Waals surface area (Å²) in [5.74, 6) is -0.507. The maximum atomic E-state index is 14.1. The molecular weight excluding hydrogens is 403 g/mol. The minimum absolute atomic E-state index is 0.0394. The number of aromatic nitrogens is 1. The Kier molecular flexibility index (Phi) is 7.92. The molecule has 0 aliphatic heterocycles. The second kappa shape index (κ2) is 9.82. The van der Waals surface area contributed by atoms with E-state index in [0.29, 0.717) is 11.1 Å². The molecule has 1 aromatic heterocycles. The SMILES string of the molecule is COc1cc(C(Nc2ccc(C)nc2C)P(=O)(OC(C)C)OC(C)C)cc(C)c1O. The first-order chi connectivity index (χ1) is 14.0. The third-order valence-corrected chi connectivity index (χ3v) is 6.86. The Bertz CT molecular complexity index is 916. The van der Waals surface area contributed by atoms with Crippen LogP contribution in [0.15, 0.2) is 24.3 Å². The lowest BCUT2D eigenvalue weighted by Gasteiger charge is -2.32. The monoisotopic (exact) mass is 436 g/mol. The Morgan fingerprint density at radius 1 is 1.03 bits per heavy atom. The lowest BCUT2D eigenvalue weighted by molar-refractivity contribution is 0.138. The third kappa shape index (κ3) is 5.75. The first-order valence-corrected chi connectivity index (χ1v) is 11.6. The van der Waals surface area contributed by atoms with Crippen LogP contribution in [0.5, 0.6) is 11.5 Å². The van der Waals surface area contributed by atoms with Crippen LogP contribution in [0.3, 0.4) is 0 Å². The van der Waals surface area contributed by atoms with E-state index in [4.69, 9.17) is 13.8 Å². The minimum Gasteiger partial charge on any atom is -0.504 e. The average Bonchev–Trinajstić information content (AvgIpc) is 2.61. The van der Waals surface area contributed by atoms with E-state index in [-0.39, 0.29) is 23.7 Å². The van der Waals surface area contributed by atoms with E-state index in [1.165, 1.54) is 7.11 Å². The van der Waals surface area contributed by atoms with Gasteiger partial charge >= 0.3 is 7.60 Å². The van der Waals surface area contributed by atoms with Crippen LogP contribution in [-0.4, -0.2) is 29.4 Å². The summed E-state index contributed by atoms with van der Waals surface area (Å²) in [5, 5.41) is 13.6. The van der Waals surface area contributed by atoms with Gasteiger partial charge in [0.1, 0.15) is 0 Å². The smallest absolute Gasteiger partial charge is 0.357 e. The number of hydrogen-bond donors (Lipinski definition) is 2. The van der Waals surface area contributed by atoms with Gasteiger partial charge in [0, 0.05) is 5.69 Å². The molecule has 0 saturated heterocycles. The van der Waals surface area contributed by atoms with Crippen molar-refractivity contribution in [1.29, 1.82) is 0 Å². The van der Waals surface area contributed by atoms with Crippen LogP contribution < -0.4 is 10.1 Å². The van der Waals surface area contributed by atoms with Gasteiger partial charge in [-0.15, -0.1) is 0 Å². The number of anilines is 1. The van der Waals surface area contributed by atoms with Crippen LogP contribution >= 0.6 is 7.60 Å². The Labute approximate surface area is 179 Å². The molecule has 1 atom stereocenters. The molecule has 0 bridgehead atoms. The molecule has 0 fully saturated rings. The summed E-state index contributed by atoms with van der Waals surface area (Å²) >= 11 is 0. The molecule has 0 radical (unpaired) electrons. The normalized spacial score (nSPS) is 13.0. The first kappa shape index (κ1) is 24.2. The largest absolute Gasteiger partial charge is 0.504 e. The average molecular weight is 436 g/mol. The van der Waals surface area contributed by atoms with E-state index in [0.717, 1.165) is 17.1 Å². The maximum absolute atomic E-state index is 14.1. The standard InChI is InChI=1S/C22H33N2O5P/c1-13(2)28-30(26,29-14(3)4)22(24-19-10-9-16(6)23-17(19)7)18-11-15(5)21(25)20(12-18)27-8/h9-14,22,24-25H,1-8H3. The molecule has 1 unspecified atom stereocenters. The molecule has 1 aromatic carbocycles. The highest BCUT2D eigenvalue weighted by atomic mass is 31.2. The number of nitrogens with one attached hydrogen (secondary N) is 1. The number of methoxy groups -OCH3 is 1. The summed E-state index contributed by atoms with van der Waals surface area (Å²) in [6, 6.07) is 7.18. The van der Waals surface area contributed by atoms with Crippen molar-refractivity contribution in [3.05, 3.63) is 46.8 Å². The van der Waals surface area contributed by atoms with Crippen molar-refractivity contribution in [3.63, 3.8) is 0 Å². The van der Waals surface area contributed by atoms with Crippen LogP contribution in [0.4, 0.5) is 5.69 Å². The van der Waals surface area contributed by atoms with Crippen molar-refractivity contribution in [2.75, 3.05) is 12.4 Å². The predicted molar refractivity (Wildman–Crippen MR) is 120 cm³/mol. The van der Waals surface area contributed by atoms with E-state index in [1.807, 2.05) is 53.7 Å². The summed E-state index contributed by atoms with van der Waals surface area (Å²) in [4.78, 5) is 4.49. The summed E-state index contributed by atoms with van der Waals surface area (Å²) < 4.78 is 31.2.